The third-order valence-corrected chi connectivity index (χ3v) is 4.09. The van der Waals surface area contributed by atoms with Crippen molar-refractivity contribution < 1.29 is 19.1 Å². The number of halogens is 1. The van der Waals surface area contributed by atoms with E-state index < -0.39 is 5.97 Å². The van der Waals surface area contributed by atoms with Gasteiger partial charge in [-0.05, 0) is 42.8 Å². The summed E-state index contributed by atoms with van der Waals surface area (Å²) in [7, 11) is 0. The Kier molecular flexibility index (Phi) is 4.40. The highest BCUT2D eigenvalue weighted by Gasteiger charge is 2.20. The van der Waals surface area contributed by atoms with Gasteiger partial charge in [-0.25, -0.2) is 4.79 Å². The molecule has 1 heterocycles. The van der Waals surface area contributed by atoms with E-state index in [-0.39, 0.29) is 34.1 Å². The summed E-state index contributed by atoms with van der Waals surface area (Å²) in [5.74, 6) is -0.693. The zero-order valence-corrected chi connectivity index (χ0v) is 14.3. The van der Waals surface area contributed by atoms with E-state index in [1.807, 2.05) is 12.1 Å². The van der Waals surface area contributed by atoms with E-state index in [9.17, 15) is 14.7 Å². The number of rotatable bonds is 4. The van der Waals surface area contributed by atoms with Crippen LogP contribution in [-0.4, -0.2) is 11.1 Å². The number of hydrogen-bond acceptors (Lipinski definition) is 4. The molecule has 5 nitrogen and oxygen atoms in total. The Hall–Kier alpha value is -2.60. The second-order valence-electron chi connectivity index (χ2n) is 5.08. The SMILES string of the molecule is CCc1c(C(=O)O)oc2cccc(Oc3ccc(Br)cc3)c2c1=O. The van der Waals surface area contributed by atoms with Gasteiger partial charge in [0.25, 0.3) is 0 Å². The summed E-state index contributed by atoms with van der Waals surface area (Å²) in [5.41, 5.74) is -0.0741. The summed E-state index contributed by atoms with van der Waals surface area (Å²) in [6.45, 7) is 1.71. The van der Waals surface area contributed by atoms with Crippen molar-refractivity contribution in [1.82, 2.24) is 0 Å². The van der Waals surface area contributed by atoms with Crippen LogP contribution < -0.4 is 10.2 Å². The van der Waals surface area contributed by atoms with Crippen LogP contribution in [0.5, 0.6) is 11.5 Å². The van der Waals surface area contributed by atoms with Crippen molar-refractivity contribution in [3.8, 4) is 11.5 Å². The van der Waals surface area contributed by atoms with E-state index in [0.717, 1.165) is 4.47 Å². The Bertz CT molecular complexity index is 973. The summed E-state index contributed by atoms with van der Waals surface area (Å²) < 4.78 is 12.1. The van der Waals surface area contributed by atoms with Crippen molar-refractivity contribution in [2.45, 2.75) is 13.3 Å². The molecule has 1 N–H and O–H groups in total. The molecule has 24 heavy (non-hydrogen) atoms. The molecular formula is C18H13BrO5. The number of ether oxygens (including phenoxy) is 1. The number of carbonyl (C=O) groups is 1. The molecule has 0 unspecified atom stereocenters. The van der Waals surface area contributed by atoms with Gasteiger partial charge in [0.2, 0.25) is 11.2 Å². The van der Waals surface area contributed by atoms with Crippen LogP contribution in [0.25, 0.3) is 11.0 Å². The van der Waals surface area contributed by atoms with Crippen LogP contribution in [0.3, 0.4) is 0 Å². The number of benzene rings is 2. The number of carboxylic acids is 1. The predicted octanol–water partition coefficient (Wildman–Crippen LogP) is 4.61. The van der Waals surface area contributed by atoms with Crippen molar-refractivity contribution in [3.05, 3.63) is 68.5 Å². The molecule has 0 radical (unpaired) electrons. The monoisotopic (exact) mass is 388 g/mol. The van der Waals surface area contributed by atoms with Gasteiger partial charge >= 0.3 is 5.97 Å². The summed E-state index contributed by atoms with van der Waals surface area (Å²) in [5, 5.41) is 9.48. The number of aromatic carboxylic acids is 1. The van der Waals surface area contributed by atoms with E-state index in [1.165, 1.54) is 0 Å². The lowest BCUT2D eigenvalue weighted by Crippen LogP contribution is -2.15. The predicted molar refractivity (Wildman–Crippen MR) is 93.0 cm³/mol. The first kappa shape index (κ1) is 16.3. The number of hydrogen-bond donors (Lipinski definition) is 1. The molecule has 0 aliphatic rings. The van der Waals surface area contributed by atoms with Crippen LogP contribution in [0, 0.1) is 0 Å². The minimum atomic E-state index is -1.26. The van der Waals surface area contributed by atoms with Gasteiger partial charge in [-0.3, -0.25) is 4.79 Å². The zero-order valence-electron chi connectivity index (χ0n) is 12.7. The van der Waals surface area contributed by atoms with Crippen molar-refractivity contribution >= 4 is 32.9 Å². The molecule has 0 fully saturated rings. The third-order valence-electron chi connectivity index (χ3n) is 3.56. The first-order chi connectivity index (χ1) is 11.5. The third kappa shape index (κ3) is 2.92. The maximum absolute atomic E-state index is 12.7. The van der Waals surface area contributed by atoms with Crippen LogP contribution in [0.2, 0.25) is 0 Å². The van der Waals surface area contributed by atoms with E-state index in [2.05, 4.69) is 15.9 Å². The van der Waals surface area contributed by atoms with Crippen molar-refractivity contribution in [3.63, 3.8) is 0 Å². The van der Waals surface area contributed by atoms with Crippen LogP contribution in [-0.2, 0) is 6.42 Å². The first-order valence-corrected chi connectivity index (χ1v) is 8.06. The van der Waals surface area contributed by atoms with E-state index in [4.69, 9.17) is 9.15 Å². The number of carboxylic acid groups (broad SMARTS) is 1. The Labute approximate surface area is 145 Å². The lowest BCUT2D eigenvalue weighted by atomic mass is 10.1. The van der Waals surface area contributed by atoms with Gasteiger partial charge in [0.05, 0.1) is 5.56 Å². The summed E-state index contributed by atoms with van der Waals surface area (Å²) >= 11 is 3.35. The lowest BCUT2D eigenvalue weighted by Gasteiger charge is -2.10. The molecule has 0 bridgehead atoms. The average Bonchev–Trinajstić information content (AvgIpc) is 2.56. The maximum Gasteiger partial charge on any atom is 0.372 e. The van der Waals surface area contributed by atoms with Gasteiger partial charge in [0.1, 0.15) is 22.5 Å². The van der Waals surface area contributed by atoms with E-state index in [0.29, 0.717) is 11.5 Å². The number of fused-ring (bicyclic) bond motifs is 1. The van der Waals surface area contributed by atoms with Gasteiger partial charge in [0.15, 0.2) is 0 Å². The van der Waals surface area contributed by atoms with Crippen LogP contribution in [0.1, 0.15) is 23.0 Å². The average molecular weight is 389 g/mol. The Balaban J connectivity index is 2.21. The molecule has 122 valence electrons. The molecular weight excluding hydrogens is 376 g/mol. The molecule has 1 aromatic heterocycles. The van der Waals surface area contributed by atoms with Crippen LogP contribution in [0.15, 0.2) is 56.1 Å². The minimum Gasteiger partial charge on any atom is -0.475 e. The molecule has 3 aromatic rings. The fourth-order valence-corrected chi connectivity index (χ4v) is 2.72. The Morgan fingerprint density at radius 3 is 2.54 bits per heavy atom. The Morgan fingerprint density at radius 1 is 1.21 bits per heavy atom. The van der Waals surface area contributed by atoms with Crippen LogP contribution in [0.4, 0.5) is 0 Å². The highest BCUT2D eigenvalue weighted by Crippen LogP contribution is 2.30. The zero-order chi connectivity index (χ0) is 17.3. The van der Waals surface area contributed by atoms with E-state index in [1.54, 1.807) is 37.3 Å². The van der Waals surface area contributed by atoms with E-state index >= 15 is 0 Å². The lowest BCUT2D eigenvalue weighted by molar-refractivity contribution is 0.0661. The molecule has 0 saturated carbocycles. The smallest absolute Gasteiger partial charge is 0.372 e. The second kappa shape index (κ2) is 6.49. The normalized spacial score (nSPS) is 10.8. The highest BCUT2D eigenvalue weighted by molar-refractivity contribution is 9.10. The summed E-state index contributed by atoms with van der Waals surface area (Å²) in [4.78, 5) is 24.1. The van der Waals surface area contributed by atoms with Crippen molar-refractivity contribution in [2.75, 3.05) is 0 Å². The molecule has 0 aliphatic heterocycles. The fraction of sp³-hybridized carbons (Fsp3) is 0.111. The maximum atomic E-state index is 12.7. The van der Waals surface area contributed by atoms with Gasteiger partial charge in [0, 0.05) is 4.47 Å². The Morgan fingerprint density at radius 2 is 1.92 bits per heavy atom. The molecule has 0 saturated heterocycles. The molecule has 3 rings (SSSR count). The molecule has 0 atom stereocenters. The highest BCUT2D eigenvalue weighted by atomic mass is 79.9. The molecule has 2 aromatic carbocycles. The second-order valence-corrected chi connectivity index (χ2v) is 6.00. The minimum absolute atomic E-state index is 0.127. The van der Waals surface area contributed by atoms with Gasteiger partial charge in [-0.2, -0.15) is 0 Å². The van der Waals surface area contributed by atoms with Crippen molar-refractivity contribution in [2.24, 2.45) is 0 Å². The van der Waals surface area contributed by atoms with Gasteiger partial charge in [-0.15, -0.1) is 0 Å². The topological polar surface area (TPSA) is 76.7 Å². The van der Waals surface area contributed by atoms with Crippen molar-refractivity contribution in [1.29, 1.82) is 0 Å². The molecule has 0 amide bonds. The molecule has 0 aliphatic carbocycles. The standard InChI is InChI=1S/C18H13BrO5/c1-2-12-16(20)15-13(23-11-8-6-10(19)7-9-11)4-3-5-14(15)24-17(12)18(21)22/h3-9H,2H2,1H3,(H,21,22). The largest absolute Gasteiger partial charge is 0.475 e. The molecule has 6 heteroatoms. The quantitative estimate of drug-likeness (QED) is 0.705. The fourth-order valence-electron chi connectivity index (χ4n) is 2.45. The van der Waals surface area contributed by atoms with Gasteiger partial charge in [-0.1, -0.05) is 28.9 Å². The van der Waals surface area contributed by atoms with Crippen LogP contribution >= 0.6 is 15.9 Å². The summed E-state index contributed by atoms with van der Waals surface area (Å²) in [6.07, 6.45) is 0.256. The van der Waals surface area contributed by atoms with Gasteiger partial charge < -0.3 is 14.3 Å². The molecule has 0 spiro atoms. The first-order valence-electron chi connectivity index (χ1n) is 7.26. The summed E-state index contributed by atoms with van der Waals surface area (Å²) in [6, 6.07) is 12.0.